The van der Waals surface area contributed by atoms with Crippen LogP contribution in [0.5, 0.6) is 0 Å². The van der Waals surface area contributed by atoms with Crippen molar-refractivity contribution in [2.24, 2.45) is 0 Å². The third-order valence-electron chi connectivity index (χ3n) is 3.90. The number of amides is 1. The predicted molar refractivity (Wildman–Crippen MR) is 95.1 cm³/mol. The van der Waals surface area contributed by atoms with Gasteiger partial charge in [0.1, 0.15) is 0 Å². The van der Waals surface area contributed by atoms with Gasteiger partial charge >= 0.3 is 0 Å². The smallest absolute Gasteiger partial charge is 0.251 e. The Hall–Kier alpha value is -2.42. The molecule has 2 rings (SSSR count). The standard InChI is InChI=1S/C20H23NO2.H2/c1-14(2)17-6-4-16(5-7-17)12-13-21-20(23)19-10-8-18(9-11-19)15(3)22;/h4-11,14H,12-13H2,1-3H3,(H,21,23);1H. The summed E-state index contributed by atoms with van der Waals surface area (Å²) in [5.74, 6) is 0.419. The van der Waals surface area contributed by atoms with Crippen molar-refractivity contribution in [3.8, 4) is 0 Å². The zero-order valence-corrected chi connectivity index (χ0v) is 13.9. The van der Waals surface area contributed by atoms with Gasteiger partial charge in [0.15, 0.2) is 5.78 Å². The van der Waals surface area contributed by atoms with Crippen LogP contribution in [0.3, 0.4) is 0 Å². The Balaban J connectivity index is 0.00000288. The van der Waals surface area contributed by atoms with E-state index in [-0.39, 0.29) is 13.1 Å². The molecule has 0 aliphatic carbocycles. The summed E-state index contributed by atoms with van der Waals surface area (Å²) in [4.78, 5) is 23.3. The number of benzene rings is 2. The highest BCUT2D eigenvalue weighted by molar-refractivity contribution is 5.97. The van der Waals surface area contributed by atoms with Crippen LogP contribution in [0.1, 0.15) is 60.0 Å². The van der Waals surface area contributed by atoms with E-state index < -0.39 is 0 Å². The van der Waals surface area contributed by atoms with Gasteiger partial charge in [-0.2, -0.15) is 0 Å². The van der Waals surface area contributed by atoms with E-state index in [1.54, 1.807) is 24.3 Å². The Morgan fingerprint density at radius 1 is 0.957 bits per heavy atom. The summed E-state index contributed by atoms with van der Waals surface area (Å²) in [6.07, 6.45) is 0.801. The molecular formula is C20H25NO2. The molecule has 0 heterocycles. The molecule has 0 aliphatic rings. The van der Waals surface area contributed by atoms with E-state index in [0.717, 1.165) is 6.42 Å². The third-order valence-corrected chi connectivity index (χ3v) is 3.90. The molecule has 0 saturated carbocycles. The number of carbonyl (C=O) groups excluding carboxylic acids is 2. The van der Waals surface area contributed by atoms with E-state index >= 15 is 0 Å². The van der Waals surface area contributed by atoms with Crippen molar-refractivity contribution in [2.45, 2.75) is 33.1 Å². The Morgan fingerprint density at radius 2 is 1.52 bits per heavy atom. The van der Waals surface area contributed by atoms with Crippen molar-refractivity contribution in [1.82, 2.24) is 5.32 Å². The molecule has 0 spiro atoms. The summed E-state index contributed by atoms with van der Waals surface area (Å²) in [6.45, 7) is 6.45. The minimum atomic E-state index is -0.112. The maximum absolute atomic E-state index is 12.1. The molecule has 0 atom stereocenters. The van der Waals surface area contributed by atoms with Gasteiger partial charge in [-0.1, -0.05) is 50.2 Å². The second kappa shape index (κ2) is 7.73. The zero-order valence-electron chi connectivity index (χ0n) is 13.9. The molecule has 3 nitrogen and oxygen atoms in total. The normalized spacial score (nSPS) is 10.6. The fourth-order valence-electron chi connectivity index (χ4n) is 2.35. The Labute approximate surface area is 139 Å². The van der Waals surface area contributed by atoms with Gasteiger partial charge in [-0.15, -0.1) is 0 Å². The minimum Gasteiger partial charge on any atom is -0.352 e. The summed E-state index contributed by atoms with van der Waals surface area (Å²) in [7, 11) is 0. The topological polar surface area (TPSA) is 46.2 Å². The lowest BCUT2D eigenvalue weighted by Gasteiger charge is -2.08. The molecule has 2 aromatic carbocycles. The summed E-state index contributed by atoms with van der Waals surface area (Å²) in [5.41, 5.74) is 3.72. The molecule has 122 valence electrons. The molecule has 1 N–H and O–H groups in total. The highest BCUT2D eigenvalue weighted by Gasteiger charge is 2.06. The van der Waals surface area contributed by atoms with Gasteiger partial charge in [0.2, 0.25) is 0 Å². The maximum Gasteiger partial charge on any atom is 0.251 e. The number of nitrogens with one attached hydrogen (secondary N) is 1. The van der Waals surface area contributed by atoms with Crippen molar-refractivity contribution in [1.29, 1.82) is 0 Å². The van der Waals surface area contributed by atoms with E-state index in [0.29, 0.717) is 23.6 Å². The molecule has 0 fully saturated rings. The van der Waals surface area contributed by atoms with Crippen LogP contribution in [0, 0.1) is 0 Å². The number of hydrogen-bond acceptors (Lipinski definition) is 2. The Morgan fingerprint density at radius 3 is 2.04 bits per heavy atom. The van der Waals surface area contributed by atoms with Gasteiger partial charge in [-0.25, -0.2) is 0 Å². The SMILES string of the molecule is CC(=O)c1ccc(C(=O)NCCc2ccc(C(C)C)cc2)cc1.[HH]. The van der Waals surface area contributed by atoms with Gasteiger partial charge in [0.25, 0.3) is 5.91 Å². The molecule has 0 aliphatic heterocycles. The Bertz CT molecular complexity index is 676. The lowest BCUT2D eigenvalue weighted by Crippen LogP contribution is -2.25. The van der Waals surface area contributed by atoms with Crippen molar-refractivity contribution < 1.29 is 11.0 Å². The lowest BCUT2D eigenvalue weighted by atomic mass is 10.0. The molecule has 1 amide bonds. The van der Waals surface area contributed by atoms with Crippen LogP contribution >= 0.6 is 0 Å². The summed E-state index contributed by atoms with van der Waals surface area (Å²) in [5, 5.41) is 2.91. The van der Waals surface area contributed by atoms with Crippen LogP contribution in [0.25, 0.3) is 0 Å². The monoisotopic (exact) mass is 311 g/mol. The quantitative estimate of drug-likeness (QED) is 0.811. The number of carbonyl (C=O) groups is 2. The molecule has 0 radical (unpaired) electrons. The van der Waals surface area contributed by atoms with E-state index in [1.807, 2.05) is 0 Å². The van der Waals surface area contributed by atoms with Crippen molar-refractivity contribution in [3.05, 3.63) is 70.8 Å². The van der Waals surface area contributed by atoms with Crippen molar-refractivity contribution >= 4 is 11.7 Å². The molecule has 0 unspecified atom stereocenters. The number of ketones is 1. The zero-order chi connectivity index (χ0) is 16.8. The minimum absolute atomic E-state index is 0. The van der Waals surface area contributed by atoms with Crippen molar-refractivity contribution in [2.75, 3.05) is 6.54 Å². The number of rotatable bonds is 6. The molecule has 23 heavy (non-hydrogen) atoms. The largest absolute Gasteiger partial charge is 0.352 e. The van der Waals surface area contributed by atoms with Crippen LogP contribution < -0.4 is 5.32 Å². The van der Waals surface area contributed by atoms with Gasteiger partial charge in [-0.3, -0.25) is 9.59 Å². The molecule has 0 aromatic heterocycles. The number of hydrogen-bond donors (Lipinski definition) is 1. The van der Waals surface area contributed by atoms with E-state index in [1.165, 1.54) is 18.1 Å². The average molecular weight is 311 g/mol. The van der Waals surface area contributed by atoms with Crippen LogP contribution in [0.2, 0.25) is 0 Å². The van der Waals surface area contributed by atoms with Gasteiger partial charge in [0.05, 0.1) is 0 Å². The van der Waals surface area contributed by atoms with Gasteiger partial charge in [-0.05, 0) is 42.5 Å². The molecule has 0 bridgehead atoms. The molecule has 0 saturated heterocycles. The van der Waals surface area contributed by atoms with E-state index in [4.69, 9.17) is 0 Å². The first kappa shape index (κ1) is 16.9. The van der Waals surface area contributed by atoms with E-state index in [9.17, 15) is 9.59 Å². The third kappa shape index (κ3) is 4.78. The highest BCUT2D eigenvalue weighted by atomic mass is 16.1. The first-order valence-corrected chi connectivity index (χ1v) is 7.95. The maximum atomic E-state index is 12.1. The van der Waals surface area contributed by atoms with Gasteiger partial charge in [0, 0.05) is 19.1 Å². The lowest BCUT2D eigenvalue weighted by molar-refractivity contribution is 0.0952. The first-order valence-electron chi connectivity index (χ1n) is 7.95. The second-order valence-electron chi connectivity index (χ2n) is 6.04. The molecular weight excluding hydrogens is 286 g/mol. The van der Waals surface area contributed by atoms with Crippen LogP contribution in [-0.4, -0.2) is 18.2 Å². The fraction of sp³-hybridized carbons (Fsp3) is 0.300. The average Bonchev–Trinajstić information content (AvgIpc) is 2.55. The second-order valence-corrected chi connectivity index (χ2v) is 6.04. The number of Topliss-reactive ketones (excluding diaryl/α,β-unsaturated/α-hetero) is 1. The van der Waals surface area contributed by atoms with E-state index in [2.05, 4.69) is 43.4 Å². The van der Waals surface area contributed by atoms with Crippen molar-refractivity contribution in [3.63, 3.8) is 0 Å². The Kier molecular flexibility index (Phi) is 5.69. The highest BCUT2D eigenvalue weighted by Crippen LogP contribution is 2.14. The molecule has 3 heteroatoms. The van der Waals surface area contributed by atoms with Gasteiger partial charge < -0.3 is 5.32 Å². The van der Waals surface area contributed by atoms with Crippen LogP contribution in [0.15, 0.2) is 48.5 Å². The molecule has 2 aromatic rings. The predicted octanol–water partition coefficient (Wildman–Crippen LogP) is 4.23. The summed E-state index contributed by atoms with van der Waals surface area (Å²) in [6, 6.07) is 15.2. The summed E-state index contributed by atoms with van der Waals surface area (Å²) < 4.78 is 0. The van der Waals surface area contributed by atoms with Crippen LogP contribution in [-0.2, 0) is 6.42 Å². The first-order chi connectivity index (χ1) is 11.0. The fourth-order valence-corrected chi connectivity index (χ4v) is 2.35. The summed E-state index contributed by atoms with van der Waals surface area (Å²) >= 11 is 0. The van der Waals surface area contributed by atoms with Crippen LogP contribution in [0.4, 0.5) is 0 Å².